The monoisotopic (exact) mass is 419 g/mol. The van der Waals surface area contributed by atoms with Crippen molar-refractivity contribution < 1.29 is 24.2 Å². The molecule has 168 valence electrons. The second-order valence-electron chi connectivity index (χ2n) is 10.1. The Bertz CT molecular complexity index is 726. The van der Waals surface area contributed by atoms with E-state index in [0.29, 0.717) is 0 Å². The van der Waals surface area contributed by atoms with Crippen LogP contribution < -0.4 is 0 Å². The Balaban J connectivity index is 2.94. The topological polar surface area (TPSA) is 85.2 Å². The molecule has 0 saturated heterocycles. The molecule has 6 heteroatoms. The third kappa shape index (κ3) is 9.63. The molecule has 2 atom stereocenters. The van der Waals surface area contributed by atoms with Crippen molar-refractivity contribution in [2.45, 2.75) is 85.2 Å². The standard InChI is InChI=1S/C24H37NO5/c1-22(2,3)21(28)18(14-20(26)27)30-24(7,8)16-25-15-19(29-23(4,5)6)17-12-10-9-11-13-17/h9-13,15,18-19H,14,16H2,1-8H3,(H,26,27). The smallest absolute Gasteiger partial charge is 0.306 e. The number of carboxylic acids is 1. The van der Waals surface area contributed by atoms with Gasteiger partial charge in [-0.3, -0.25) is 14.6 Å². The highest BCUT2D eigenvalue weighted by Gasteiger charge is 2.36. The summed E-state index contributed by atoms with van der Waals surface area (Å²) in [5, 5.41) is 9.20. The van der Waals surface area contributed by atoms with Crippen LogP contribution in [0.5, 0.6) is 0 Å². The maximum atomic E-state index is 12.7. The summed E-state index contributed by atoms with van der Waals surface area (Å²) in [7, 11) is 0. The Morgan fingerprint density at radius 2 is 1.57 bits per heavy atom. The lowest BCUT2D eigenvalue weighted by Gasteiger charge is -2.31. The van der Waals surface area contributed by atoms with Crippen molar-refractivity contribution in [3.05, 3.63) is 35.9 Å². The summed E-state index contributed by atoms with van der Waals surface area (Å²) in [4.78, 5) is 28.4. The number of aliphatic imine (C=N–C) groups is 1. The molecular formula is C24H37NO5. The summed E-state index contributed by atoms with van der Waals surface area (Å²) >= 11 is 0. The number of carbonyl (C=O) groups excluding carboxylic acids is 1. The van der Waals surface area contributed by atoms with Gasteiger partial charge >= 0.3 is 5.97 Å². The van der Waals surface area contributed by atoms with Crippen LogP contribution in [-0.4, -0.2) is 46.9 Å². The van der Waals surface area contributed by atoms with Gasteiger partial charge in [0.15, 0.2) is 5.78 Å². The van der Waals surface area contributed by atoms with Crippen LogP contribution in [-0.2, 0) is 19.1 Å². The zero-order valence-electron chi connectivity index (χ0n) is 19.6. The quantitative estimate of drug-likeness (QED) is 0.547. The summed E-state index contributed by atoms with van der Waals surface area (Å²) < 4.78 is 12.1. The number of hydrogen-bond donors (Lipinski definition) is 1. The van der Waals surface area contributed by atoms with E-state index in [0.717, 1.165) is 5.56 Å². The Morgan fingerprint density at radius 3 is 2.03 bits per heavy atom. The number of nitrogens with zero attached hydrogens (tertiary/aromatic N) is 1. The molecule has 0 aromatic heterocycles. The molecule has 0 saturated carbocycles. The van der Waals surface area contributed by atoms with Crippen molar-refractivity contribution in [3.8, 4) is 0 Å². The maximum Gasteiger partial charge on any atom is 0.306 e. The predicted molar refractivity (Wildman–Crippen MR) is 119 cm³/mol. The van der Waals surface area contributed by atoms with Crippen LogP contribution in [0, 0.1) is 5.41 Å². The lowest BCUT2D eigenvalue weighted by atomic mass is 9.86. The largest absolute Gasteiger partial charge is 0.481 e. The first kappa shape index (κ1) is 26.0. The number of hydrogen-bond acceptors (Lipinski definition) is 5. The van der Waals surface area contributed by atoms with E-state index in [1.54, 1.807) is 40.8 Å². The fraction of sp³-hybridized carbons (Fsp3) is 0.625. The van der Waals surface area contributed by atoms with E-state index in [4.69, 9.17) is 9.47 Å². The molecule has 0 fully saturated rings. The van der Waals surface area contributed by atoms with Crippen LogP contribution in [0.3, 0.4) is 0 Å². The number of carboxylic acid groups (broad SMARTS) is 1. The average Bonchev–Trinajstić information content (AvgIpc) is 2.57. The minimum Gasteiger partial charge on any atom is -0.481 e. The van der Waals surface area contributed by atoms with Crippen molar-refractivity contribution in [2.24, 2.45) is 10.4 Å². The zero-order valence-corrected chi connectivity index (χ0v) is 19.6. The Labute approximate surface area is 180 Å². The summed E-state index contributed by atoms with van der Waals surface area (Å²) in [5.74, 6) is -1.31. The lowest BCUT2D eigenvalue weighted by molar-refractivity contribution is -0.157. The number of ether oxygens (including phenoxy) is 2. The van der Waals surface area contributed by atoms with E-state index in [1.165, 1.54) is 0 Å². The maximum absolute atomic E-state index is 12.7. The van der Waals surface area contributed by atoms with Gasteiger partial charge in [0.2, 0.25) is 0 Å². The molecule has 0 heterocycles. The van der Waals surface area contributed by atoms with Crippen LogP contribution in [0.1, 0.15) is 73.5 Å². The molecule has 0 aliphatic heterocycles. The zero-order chi connectivity index (χ0) is 23.2. The van der Waals surface area contributed by atoms with Gasteiger partial charge in [0.05, 0.1) is 24.2 Å². The van der Waals surface area contributed by atoms with Gasteiger partial charge in [0.1, 0.15) is 12.2 Å². The van der Waals surface area contributed by atoms with Gasteiger partial charge in [-0.25, -0.2) is 0 Å². The molecule has 0 radical (unpaired) electrons. The molecule has 0 bridgehead atoms. The van der Waals surface area contributed by atoms with E-state index in [-0.39, 0.29) is 30.5 Å². The molecule has 1 rings (SSSR count). The third-order valence-corrected chi connectivity index (χ3v) is 4.17. The number of Topliss-reactive ketones (excluding diaryl/α,β-unsaturated/α-hetero) is 1. The van der Waals surface area contributed by atoms with Crippen LogP contribution in [0.4, 0.5) is 0 Å². The molecule has 0 aliphatic rings. The molecule has 6 nitrogen and oxygen atoms in total. The fourth-order valence-corrected chi connectivity index (χ4v) is 2.83. The molecule has 2 unspecified atom stereocenters. The first-order valence-electron chi connectivity index (χ1n) is 10.3. The molecule has 1 aromatic carbocycles. The minimum absolute atomic E-state index is 0.236. The summed E-state index contributed by atoms with van der Waals surface area (Å²) in [6.07, 6.45) is 0.0171. The van der Waals surface area contributed by atoms with Crippen LogP contribution in [0.2, 0.25) is 0 Å². The number of ketones is 1. The highest BCUT2D eigenvalue weighted by molar-refractivity contribution is 5.90. The second-order valence-corrected chi connectivity index (χ2v) is 10.1. The Hall–Kier alpha value is -2.05. The van der Waals surface area contributed by atoms with Gasteiger partial charge in [0, 0.05) is 11.6 Å². The van der Waals surface area contributed by atoms with E-state index in [9.17, 15) is 14.7 Å². The highest BCUT2D eigenvalue weighted by Crippen LogP contribution is 2.25. The molecule has 0 amide bonds. The Morgan fingerprint density at radius 1 is 1.00 bits per heavy atom. The number of benzene rings is 1. The van der Waals surface area contributed by atoms with Gasteiger partial charge < -0.3 is 14.6 Å². The van der Waals surface area contributed by atoms with Crippen LogP contribution in [0.25, 0.3) is 0 Å². The summed E-state index contributed by atoms with van der Waals surface area (Å²) in [5.41, 5.74) is -0.884. The predicted octanol–water partition coefficient (Wildman–Crippen LogP) is 4.87. The minimum atomic E-state index is -1.07. The van der Waals surface area contributed by atoms with Crippen molar-refractivity contribution in [2.75, 3.05) is 6.54 Å². The van der Waals surface area contributed by atoms with E-state index in [1.807, 2.05) is 51.1 Å². The van der Waals surface area contributed by atoms with Crippen molar-refractivity contribution in [3.63, 3.8) is 0 Å². The molecular weight excluding hydrogens is 382 g/mol. The normalized spacial score (nSPS) is 15.2. The second kappa shape index (κ2) is 10.3. The van der Waals surface area contributed by atoms with Gasteiger partial charge in [-0.05, 0) is 40.2 Å². The van der Waals surface area contributed by atoms with E-state index in [2.05, 4.69) is 4.99 Å². The van der Waals surface area contributed by atoms with E-state index < -0.39 is 23.1 Å². The summed E-state index contributed by atoms with van der Waals surface area (Å²) in [6, 6.07) is 9.80. The SMILES string of the molecule is CC(C)(C)OC(C=NCC(C)(C)OC(CC(=O)O)C(=O)C(C)(C)C)c1ccccc1. The van der Waals surface area contributed by atoms with Gasteiger partial charge in [-0.1, -0.05) is 51.1 Å². The highest BCUT2D eigenvalue weighted by atomic mass is 16.5. The lowest BCUT2D eigenvalue weighted by Crippen LogP contribution is -2.43. The fourth-order valence-electron chi connectivity index (χ4n) is 2.83. The summed E-state index contributed by atoms with van der Waals surface area (Å²) in [6.45, 7) is 15.1. The molecule has 1 N–H and O–H groups in total. The first-order chi connectivity index (χ1) is 13.6. The third-order valence-electron chi connectivity index (χ3n) is 4.17. The molecule has 1 aromatic rings. The molecule has 0 spiro atoms. The average molecular weight is 420 g/mol. The number of aliphatic carboxylic acids is 1. The van der Waals surface area contributed by atoms with Gasteiger partial charge in [-0.2, -0.15) is 0 Å². The Kier molecular flexibility index (Phi) is 8.93. The number of rotatable bonds is 10. The van der Waals surface area contributed by atoms with E-state index >= 15 is 0 Å². The van der Waals surface area contributed by atoms with Crippen molar-refractivity contribution in [1.29, 1.82) is 0 Å². The van der Waals surface area contributed by atoms with Crippen molar-refractivity contribution in [1.82, 2.24) is 0 Å². The van der Waals surface area contributed by atoms with Crippen molar-refractivity contribution >= 4 is 18.0 Å². The number of carbonyl (C=O) groups is 2. The van der Waals surface area contributed by atoms with Crippen LogP contribution in [0.15, 0.2) is 35.3 Å². The van der Waals surface area contributed by atoms with Crippen LogP contribution >= 0.6 is 0 Å². The van der Waals surface area contributed by atoms with Gasteiger partial charge in [-0.15, -0.1) is 0 Å². The van der Waals surface area contributed by atoms with Gasteiger partial charge in [0.25, 0.3) is 0 Å². The first-order valence-corrected chi connectivity index (χ1v) is 10.3. The molecule has 0 aliphatic carbocycles. The molecule has 30 heavy (non-hydrogen) atoms.